The smallest absolute Gasteiger partial charge is 0.209 e. The minimum atomic E-state index is -0.319. The molecule has 2 heterocycles. The number of aliphatic hydroxyl groups is 1. The van der Waals surface area contributed by atoms with E-state index in [4.69, 9.17) is 4.42 Å². The van der Waals surface area contributed by atoms with Crippen LogP contribution in [0.2, 0.25) is 0 Å². The van der Waals surface area contributed by atoms with E-state index < -0.39 is 0 Å². The summed E-state index contributed by atoms with van der Waals surface area (Å²) >= 11 is 1.69. The van der Waals surface area contributed by atoms with Crippen LogP contribution in [-0.2, 0) is 6.54 Å². The fourth-order valence-corrected chi connectivity index (χ4v) is 4.40. The lowest BCUT2D eigenvalue weighted by Crippen LogP contribution is -2.45. The lowest BCUT2D eigenvalue weighted by Gasteiger charge is -2.46. The van der Waals surface area contributed by atoms with Crippen molar-refractivity contribution in [3.05, 3.63) is 52.3 Å². The molecular formula is C18H19FN2O2S. The van der Waals surface area contributed by atoms with Crippen molar-refractivity contribution in [2.75, 3.05) is 6.61 Å². The summed E-state index contributed by atoms with van der Waals surface area (Å²) in [6, 6.07) is 8.54. The lowest BCUT2D eigenvalue weighted by molar-refractivity contribution is 0.00514. The number of hydrogen-bond donors (Lipinski definition) is 2. The summed E-state index contributed by atoms with van der Waals surface area (Å²) < 4.78 is 19.0. The molecule has 1 unspecified atom stereocenters. The van der Waals surface area contributed by atoms with E-state index in [2.05, 4.69) is 21.7 Å². The Hall–Kier alpha value is -1.76. The van der Waals surface area contributed by atoms with E-state index >= 15 is 0 Å². The summed E-state index contributed by atoms with van der Waals surface area (Å²) in [6.07, 6.45) is 3.17. The van der Waals surface area contributed by atoms with Gasteiger partial charge in [-0.2, -0.15) is 0 Å². The quantitative estimate of drug-likeness (QED) is 0.708. The Balaban J connectivity index is 1.56. The van der Waals surface area contributed by atoms with Crippen LogP contribution in [0.5, 0.6) is 0 Å². The molecule has 24 heavy (non-hydrogen) atoms. The lowest BCUT2D eigenvalue weighted by atomic mass is 9.64. The Bertz CT molecular complexity index is 821. The van der Waals surface area contributed by atoms with Gasteiger partial charge < -0.3 is 14.8 Å². The standard InChI is InChI=1S/C18H19FN2O2S/c19-12-4-5-14-13(9-12)21-16(23-14)10-20-17(15-3-1-8-24-15)18(11-22)6-2-7-18/h1,3-5,8-9,17,20,22H,2,6-7,10-11H2. The number of aliphatic hydroxyl groups excluding tert-OH is 1. The van der Waals surface area contributed by atoms with Gasteiger partial charge in [-0.15, -0.1) is 11.3 Å². The van der Waals surface area contributed by atoms with Gasteiger partial charge in [0.25, 0.3) is 0 Å². The third-order valence-corrected chi connectivity index (χ3v) is 5.89. The topological polar surface area (TPSA) is 58.3 Å². The van der Waals surface area contributed by atoms with E-state index in [0.717, 1.165) is 19.3 Å². The van der Waals surface area contributed by atoms with E-state index in [0.29, 0.717) is 23.5 Å². The average Bonchev–Trinajstić information content (AvgIpc) is 3.18. The van der Waals surface area contributed by atoms with Crippen LogP contribution in [0.1, 0.15) is 36.1 Å². The molecule has 1 fully saturated rings. The van der Waals surface area contributed by atoms with Crippen molar-refractivity contribution >= 4 is 22.4 Å². The van der Waals surface area contributed by atoms with Crippen molar-refractivity contribution in [1.29, 1.82) is 0 Å². The zero-order chi connectivity index (χ0) is 16.6. The fraction of sp³-hybridized carbons (Fsp3) is 0.389. The SMILES string of the molecule is OCC1(C(NCc2nc3cc(F)ccc3o2)c2cccs2)CCC1. The third-order valence-electron chi connectivity index (χ3n) is 4.96. The number of nitrogens with one attached hydrogen (secondary N) is 1. The Morgan fingerprint density at radius 2 is 2.25 bits per heavy atom. The molecule has 2 N–H and O–H groups in total. The van der Waals surface area contributed by atoms with Gasteiger partial charge in [-0.05, 0) is 36.4 Å². The number of hydrogen-bond acceptors (Lipinski definition) is 5. The molecule has 0 amide bonds. The number of benzene rings is 1. The zero-order valence-corrected chi connectivity index (χ0v) is 14.0. The number of fused-ring (bicyclic) bond motifs is 1. The number of rotatable bonds is 6. The van der Waals surface area contributed by atoms with Gasteiger partial charge in [0.05, 0.1) is 13.2 Å². The normalized spacial score (nSPS) is 17.8. The van der Waals surface area contributed by atoms with Crippen LogP contribution in [0.15, 0.2) is 40.1 Å². The van der Waals surface area contributed by atoms with Crippen molar-refractivity contribution < 1.29 is 13.9 Å². The number of oxazole rings is 1. The van der Waals surface area contributed by atoms with Crippen LogP contribution in [0.4, 0.5) is 4.39 Å². The van der Waals surface area contributed by atoms with Gasteiger partial charge in [-0.25, -0.2) is 9.37 Å². The molecule has 1 aliphatic rings. The molecule has 126 valence electrons. The van der Waals surface area contributed by atoms with Crippen LogP contribution in [-0.4, -0.2) is 16.7 Å². The summed E-state index contributed by atoms with van der Waals surface area (Å²) in [5.41, 5.74) is 1.00. The highest BCUT2D eigenvalue weighted by molar-refractivity contribution is 7.10. The van der Waals surface area contributed by atoms with Gasteiger partial charge in [0.2, 0.25) is 5.89 Å². The molecule has 2 aromatic heterocycles. The first-order valence-electron chi connectivity index (χ1n) is 8.13. The first kappa shape index (κ1) is 15.7. The predicted molar refractivity (Wildman–Crippen MR) is 91.2 cm³/mol. The monoisotopic (exact) mass is 346 g/mol. The zero-order valence-electron chi connectivity index (χ0n) is 13.2. The summed E-state index contributed by atoms with van der Waals surface area (Å²) in [7, 11) is 0. The number of halogens is 1. The van der Waals surface area contributed by atoms with E-state index in [1.807, 2.05) is 6.07 Å². The van der Waals surface area contributed by atoms with Gasteiger partial charge in [0.15, 0.2) is 5.58 Å². The molecule has 6 heteroatoms. The second-order valence-electron chi connectivity index (χ2n) is 6.42. The first-order chi connectivity index (χ1) is 11.7. The van der Waals surface area contributed by atoms with Crippen LogP contribution in [0.3, 0.4) is 0 Å². The van der Waals surface area contributed by atoms with Crippen molar-refractivity contribution in [2.45, 2.75) is 31.8 Å². The molecule has 1 atom stereocenters. The Morgan fingerprint density at radius 1 is 1.38 bits per heavy atom. The van der Waals surface area contributed by atoms with E-state index in [1.54, 1.807) is 17.4 Å². The van der Waals surface area contributed by atoms with Crippen molar-refractivity contribution in [1.82, 2.24) is 10.3 Å². The summed E-state index contributed by atoms with van der Waals surface area (Å²) in [5.74, 6) is 0.213. The van der Waals surface area contributed by atoms with E-state index in [1.165, 1.54) is 17.0 Å². The summed E-state index contributed by atoms with van der Waals surface area (Å²) in [4.78, 5) is 5.56. The average molecular weight is 346 g/mol. The van der Waals surface area contributed by atoms with E-state index in [-0.39, 0.29) is 23.9 Å². The van der Waals surface area contributed by atoms with Crippen molar-refractivity contribution in [2.24, 2.45) is 5.41 Å². The summed E-state index contributed by atoms with van der Waals surface area (Å²) in [5, 5.41) is 15.5. The predicted octanol–water partition coefficient (Wildman–Crippen LogP) is 4.02. The second kappa shape index (κ2) is 6.27. The highest BCUT2D eigenvalue weighted by Gasteiger charge is 2.44. The molecular weight excluding hydrogens is 327 g/mol. The molecule has 0 aliphatic heterocycles. The number of aromatic nitrogens is 1. The fourth-order valence-electron chi connectivity index (χ4n) is 3.46. The maximum absolute atomic E-state index is 13.3. The molecule has 1 aliphatic carbocycles. The molecule has 4 nitrogen and oxygen atoms in total. The Kier molecular flexibility index (Phi) is 4.12. The number of thiophene rings is 1. The highest BCUT2D eigenvalue weighted by Crippen LogP contribution is 2.50. The second-order valence-corrected chi connectivity index (χ2v) is 7.40. The van der Waals surface area contributed by atoms with Crippen molar-refractivity contribution in [3.8, 4) is 0 Å². The van der Waals surface area contributed by atoms with Crippen LogP contribution < -0.4 is 5.32 Å². The molecule has 0 radical (unpaired) electrons. The Labute approximate surface area is 143 Å². The largest absolute Gasteiger partial charge is 0.439 e. The maximum atomic E-state index is 13.3. The minimum Gasteiger partial charge on any atom is -0.439 e. The van der Waals surface area contributed by atoms with E-state index in [9.17, 15) is 9.50 Å². The molecule has 4 rings (SSSR count). The van der Waals surface area contributed by atoms with Gasteiger partial charge in [0.1, 0.15) is 11.3 Å². The highest BCUT2D eigenvalue weighted by atomic mass is 32.1. The Morgan fingerprint density at radius 3 is 2.92 bits per heavy atom. The molecule has 0 saturated heterocycles. The van der Waals surface area contributed by atoms with Crippen LogP contribution in [0, 0.1) is 11.2 Å². The first-order valence-corrected chi connectivity index (χ1v) is 9.01. The molecule has 3 aromatic rings. The third kappa shape index (κ3) is 2.75. The summed E-state index contributed by atoms with van der Waals surface area (Å²) in [6.45, 7) is 0.613. The number of nitrogens with zero attached hydrogens (tertiary/aromatic N) is 1. The van der Waals surface area contributed by atoms with Gasteiger partial charge >= 0.3 is 0 Å². The van der Waals surface area contributed by atoms with Crippen molar-refractivity contribution in [3.63, 3.8) is 0 Å². The van der Waals surface area contributed by atoms with Gasteiger partial charge in [-0.3, -0.25) is 0 Å². The molecule has 0 spiro atoms. The molecule has 1 saturated carbocycles. The molecule has 1 aromatic carbocycles. The van der Waals surface area contributed by atoms with Crippen LogP contribution in [0.25, 0.3) is 11.1 Å². The van der Waals surface area contributed by atoms with Gasteiger partial charge in [0, 0.05) is 22.4 Å². The molecule has 0 bridgehead atoms. The van der Waals surface area contributed by atoms with Crippen LogP contribution >= 0.6 is 11.3 Å². The maximum Gasteiger partial charge on any atom is 0.209 e. The van der Waals surface area contributed by atoms with Gasteiger partial charge in [-0.1, -0.05) is 12.5 Å². The minimum absolute atomic E-state index is 0.0722.